The molecule has 0 aliphatic carbocycles. The highest BCUT2D eigenvalue weighted by Gasteiger charge is 2.16. The third-order valence-electron chi connectivity index (χ3n) is 4.45. The number of fused-ring (bicyclic) bond motifs is 1. The third-order valence-corrected chi connectivity index (χ3v) is 5.73. The monoisotopic (exact) mass is 445 g/mol. The minimum atomic E-state index is -0.111. The number of carbonyl (C=O) groups is 1. The number of hydrogen-bond acceptors (Lipinski definition) is 7. The summed E-state index contributed by atoms with van der Waals surface area (Å²) in [5, 5.41) is 12.0. The molecule has 3 N–H and O–H groups in total. The Morgan fingerprint density at radius 3 is 2.80 bits per heavy atom. The fraction of sp³-hybridized carbons (Fsp3) is 0.250. The van der Waals surface area contributed by atoms with Crippen LogP contribution in [0.15, 0.2) is 47.6 Å². The normalized spacial score (nSPS) is 12.6. The molecule has 2 aromatic carbocycles. The highest BCUT2D eigenvalue weighted by Crippen LogP contribution is 2.31. The Balaban J connectivity index is 1.27. The van der Waals surface area contributed by atoms with E-state index in [-0.39, 0.29) is 11.7 Å². The lowest BCUT2D eigenvalue weighted by molar-refractivity contribution is -0.118. The summed E-state index contributed by atoms with van der Waals surface area (Å²) >= 11 is 7.41. The van der Waals surface area contributed by atoms with Crippen LogP contribution >= 0.6 is 23.4 Å². The summed E-state index contributed by atoms with van der Waals surface area (Å²) in [5.74, 6) is 8.10. The number of thioether (sulfide) groups is 1. The zero-order chi connectivity index (χ0) is 20.9. The second-order valence-corrected chi connectivity index (χ2v) is 7.87. The molecule has 0 unspecified atom stereocenters. The molecule has 30 heavy (non-hydrogen) atoms. The number of amides is 1. The number of ether oxygens (including phenoxy) is 2. The van der Waals surface area contributed by atoms with E-state index in [0.717, 1.165) is 17.1 Å². The molecule has 2 heterocycles. The lowest BCUT2D eigenvalue weighted by atomic mass is 10.1. The van der Waals surface area contributed by atoms with Gasteiger partial charge >= 0.3 is 0 Å². The van der Waals surface area contributed by atoms with Crippen LogP contribution in [0.1, 0.15) is 5.56 Å². The van der Waals surface area contributed by atoms with E-state index in [2.05, 4.69) is 15.5 Å². The predicted octanol–water partition coefficient (Wildman–Crippen LogP) is 2.53. The van der Waals surface area contributed by atoms with Crippen molar-refractivity contribution in [2.45, 2.75) is 11.6 Å². The maximum atomic E-state index is 12.2. The van der Waals surface area contributed by atoms with Crippen LogP contribution < -0.4 is 20.6 Å². The topological polar surface area (TPSA) is 104 Å². The van der Waals surface area contributed by atoms with Gasteiger partial charge in [-0.25, -0.2) is 4.68 Å². The molecular formula is C20H20ClN5O3S. The summed E-state index contributed by atoms with van der Waals surface area (Å²) in [6, 6.07) is 13.1. The molecule has 1 amide bonds. The molecule has 0 bridgehead atoms. The third kappa shape index (κ3) is 4.63. The van der Waals surface area contributed by atoms with E-state index in [1.54, 1.807) is 6.07 Å². The Bertz CT molecular complexity index is 1060. The quantitative estimate of drug-likeness (QED) is 0.425. The van der Waals surface area contributed by atoms with Gasteiger partial charge in [0.1, 0.15) is 13.2 Å². The Morgan fingerprint density at radius 1 is 1.17 bits per heavy atom. The van der Waals surface area contributed by atoms with Gasteiger partial charge in [0, 0.05) is 12.1 Å². The molecule has 0 atom stereocenters. The molecule has 3 aromatic rings. The molecule has 1 aliphatic rings. The fourth-order valence-corrected chi connectivity index (χ4v) is 3.88. The van der Waals surface area contributed by atoms with E-state index >= 15 is 0 Å². The first-order valence-electron chi connectivity index (χ1n) is 9.35. The van der Waals surface area contributed by atoms with Crippen molar-refractivity contribution in [1.82, 2.24) is 20.2 Å². The van der Waals surface area contributed by atoms with Crippen molar-refractivity contribution in [3.63, 3.8) is 0 Å². The van der Waals surface area contributed by atoms with Crippen LogP contribution in [0.3, 0.4) is 0 Å². The maximum absolute atomic E-state index is 12.2. The summed E-state index contributed by atoms with van der Waals surface area (Å²) in [4.78, 5) is 12.2. The number of aromatic nitrogens is 3. The van der Waals surface area contributed by atoms with Gasteiger partial charge in [-0.05, 0) is 36.2 Å². The molecule has 156 valence electrons. The Kier molecular flexibility index (Phi) is 6.29. The van der Waals surface area contributed by atoms with Crippen LogP contribution in [0.5, 0.6) is 11.5 Å². The number of benzene rings is 2. The maximum Gasteiger partial charge on any atom is 0.230 e. The van der Waals surface area contributed by atoms with Crippen molar-refractivity contribution in [3.8, 4) is 22.9 Å². The van der Waals surface area contributed by atoms with E-state index in [1.807, 2.05) is 36.4 Å². The summed E-state index contributed by atoms with van der Waals surface area (Å²) in [6.45, 7) is 1.63. The van der Waals surface area contributed by atoms with Crippen LogP contribution in [-0.4, -0.2) is 46.3 Å². The van der Waals surface area contributed by atoms with E-state index in [4.69, 9.17) is 26.9 Å². The second-order valence-electron chi connectivity index (χ2n) is 6.52. The van der Waals surface area contributed by atoms with Crippen molar-refractivity contribution >= 4 is 29.3 Å². The standard InChI is InChI=1S/C20H20ClN5O3S/c21-15-4-2-1-3-14(15)19-24-25-20(26(19)22)30-12-18(27)23-8-7-13-5-6-16-17(11-13)29-10-9-28-16/h1-6,11H,7-10,12,22H2,(H,23,27). The van der Waals surface area contributed by atoms with Gasteiger partial charge in [-0.1, -0.05) is 41.6 Å². The first-order valence-corrected chi connectivity index (χ1v) is 10.7. The minimum Gasteiger partial charge on any atom is -0.486 e. The summed E-state index contributed by atoms with van der Waals surface area (Å²) < 4.78 is 12.4. The molecule has 10 heteroatoms. The molecular weight excluding hydrogens is 426 g/mol. The van der Waals surface area contributed by atoms with Gasteiger partial charge in [-0.15, -0.1) is 10.2 Å². The molecule has 1 aromatic heterocycles. The smallest absolute Gasteiger partial charge is 0.230 e. The molecule has 1 aliphatic heterocycles. The number of carbonyl (C=O) groups excluding carboxylic acids is 1. The second kappa shape index (κ2) is 9.27. The number of halogens is 1. The van der Waals surface area contributed by atoms with Gasteiger partial charge in [0.05, 0.1) is 10.8 Å². The molecule has 4 rings (SSSR count). The summed E-state index contributed by atoms with van der Waals surface area (Å²) in [6.07, 6.45) is 0.691. The SMILES string of the molecule is Nn1c(SCC(=O)NCCc2ccc3c(c2)OCCO3)nnc1-c1ccccc1Cl. The lowest BCUT2D eigenvalue weighted by Crippen LogP contribution is -2.27. The number of nitrogen functional groups attached to an aromatic ring is 1. The van der Waals surface area contributed by atoms with E-state index < -0.39 is 0 Å². The molecule has 0 radical (unpaired) electrons. The molecule has 0 saturated heterocycles. The summed E-state index contributed by atoms with van der Waals surface area (Å²) in [5.41, 5.74) is 1.75. The number of nitrogens with two attached hydrogens (primary N) is 1. The van der Waals surface area contributed by atoms with Crippen LogP contribution in [0.25, 0.3) is 11.4 Å². The Labute approximate surface area is 182 Å². The van der Waals surface area contributed by atoms with Crippen molar-refractivity contribution in [2.24, 2.45) is 0 Å². The van der Waals surface area contributed by atoms with E-state index in [0.29, 0.717) is 47.7 Å². The molecule has 8 nitrogen and oxygen atoms in total. The van der Waals surface area contributed by atoms with Crippen LogP contribution in [0.2, 0.25) is 5.02 Å². The average molecular weight is 446 g/mol. The van der Waals surface area contributed by atoms with Crippen LogP contribution in [-0.2, 0) is 11.2 Å². The van der Waals surface area contributed by atoms with Crippen molar-refractivity contribution in [3.05, 3.63) is 53.1 Å². The first-order chi connectivity index (χ1) is 14.6. The molecule has 0 fully saturated rings. The van der Waals surface area contributed by atoms with Crippen LogP contribution in [0, 0.1) is 0 Å². The van der Waals surface area contributed by atoms with Gasteiger partial charge in [-0.2, -0.15) is 0 Å². The minimum absolute atomic E-state index is 0.111. The average Bonchev–Trinajstić information content (AvgIpc) is 3.12. The highest BCUT2D eigenvalue weighted by atomic mass is 35.5. The number of hydrogen-bond donors (Lipinski definition) is 2. The highest BCUT2D eigenvalue weighted by molar-refractivity contribution is 7.99. The van der Waals surface area contributed by atoms with E-state index in [1.165, 1.54) is 16.4 Å². The molecule has 0 spiro atoms. The van der Waals surface area contributed by atoms with Gasteiger partial charge in [-0.3, -0.25) is 4.79 Å². The lowest BCUT2D eigenvalue weighted by Gasteiger charge is -2.18. The predicted molar refractivity (Wildman–Crippen MR) is 115 cm³/mol. The van der Waals surface area contributed by atoms with Crippen LogP contribution in [0.4, 0.5) is 0 Å². The van der Waals surface area contributed by atoms with Crippen molar-refractivity contribution < 1.29 is 14.3 Å². The number of nitrogens with one attached hydrogen (secondary N) is 1. The zero-order valence-corrected chi connectivity index (χ0v) is 17.6. The largest absolute Gasteiger partial charge is 0.486 e. The Hall–Kier alpha value is -2.91. The first kappa shape index (κ1) is 20.4. The number of rotatable bonds is 7. The Morgan fingerprint density at radius 2 is 1.97 bits per heavy atom. The van der Waals surface area contributed by atoms with Gasteiger partial charge < -0.3 is 20.6 Å². The summed E-state index contributed by atoms with van der Waals surface area (Å²) in [7, 11) is 0. The van der Waals surface area contributed by atoms with Crippen molar-refractivity contribution in [2.75, 3.05) is 31.4 Å². The molecule has 0 saturated carbocycles. The van der Waals surface area contributed by atoms with Gasteiger partial charge in [0.2, 0.25) is 11.1 Å². The fourth-order valence-electron chi connectivity index (χ4n) is 2.97. The van der Waals surface area contributed by atoms with Gasteiger partial charge in [0.25, 0.3) is 0 Å². The number of nitrogens with zero attached hydrogens (tertiary/aromatic N) is 3. The van der Waals surface area contributed by atoms with E-state index in [9.17, 15) is 4.79 Å². The van der Waals surface area contributed by atoms with Gasteiger partial charge in [0.15, 0.2) is 17.3 Å². The van der Waals surface area contributed by atoms with Crippen molar-refractivity contribution in [1.29, 1.82) is 0 Å². The zero-order valence-electron chi connectivity index (χ0n) is 16.0.